The number of rotatable bonds is 11. The summed E-state index contributed by atoms with van der Waals surface area (Å²) in [5.74, 6) is 5.23. The van der Waals surface area contributed by atoms with E-state index in [4.69, 9.17) is 18.9 Å². The number of benzene rings is 6. The first-order chi connectivity index (χ1) is 33.6. The van der Waals surface area contributed by atoms with Crippen molar-refractivity contribution in [1.29, 1.82) is 0 Å². The van der Waals surface area contributed by atoms with E-state index in [1.807, 2.05) is 64.2 Å². The number of methoxy groups -OCH3 is 4. The standard InChI is InChI=1S/C21H22NO4.C17H12N2O6S3.C13H9NOSe.2Na.H2O/c1-23-18-6-5-13-9-17-15-11-20(25-3)19(24-2)10-14(15)7-8-22(17)12-16(13)21(18)26-4;1-2-18-14-7-5-12(16(9-14)27(20,21)22)3-4-13-6-8-15(19-11-26)10-17(13)28(23,24)25;15-13-11-8-4-5-9-12(11)16-14(13)10-6-2-1-3-7-10;;;/h5-6,9-12H,7-8H2,1-4H3;3-10H,1H2,(H,20,21,22)(H,23,24,25);1-9H;;;1H2/q+1;;;2*+1;/p-2/b;4-3+;;;;. The van der Waals surface area contributed by atoms with Crippen molar-refractivity contribution < 1.29 is 114 Å². The number of ether oxygens (including phenoxy) is 4. The van der Waals surface area contributed by atoms with Gasteiger partial charge in [0.25, 0.3) is 0 Å². The Morgan fingerprint density at radius 2 is 1.29 bits per heavy atom. The van der Waals surface area contributed by atoms with Gasteiger partial charge in [-0.2, -0.15) is 9.56 Å². The van der Waals surface area contributed by atoms with E-state index in [-0.39, 0.29) is 107 Å². The van der Waals surface area contributed by atoms with E-state index < -0.39 is 30.0 Å². The zero-order valence-corrected chi connectivity index (χ0v) is 48.5. The minimum atomic E-state index is -4.86. The number of hydrogen-bond donors (Lipinski definition) is 0. The zero-order chi connectivity index (χ0) is 50.2. The van der Waals surface area contributed by atoms with Gasteiger partial charge < -0.3 is 33.5 Å². The topological polar surface area (TPSA) is 233 Å². The fourth-order valence-corrected chi connectivity index (χ4v) is 11.2. The van der Waals surface area contributed by atoms with E-state index in [0.29, 0.717) is 0 Å². The number of aromatic nitrogens is 2. The normalized spacial score (nSPS) is 11.2. The molecular weight excluding hydrogens is 1080 g/mol. The number of para-hydroxylation sites is 1. The molecule has 2 N–H and O–H groups in total. The minimum Gasteiger partial charge on any atom is 1.00 e. The quantitative estimate of drug-likeness (QED) is 0.0448. The molecular formula is C51H43N4Na2O12S3Se+. The fourth-order valence-electron chi connectivity index (χ4n) is 7.63. The molecule has 9 rings (SSSR count). The van der Waals surface area contributed by atoms with E-state index >= 15 is 0 Å². The largest absolute Gasteiger partial charge is 1.00 e. The van der Waals surface area contributed by atoms with E-state index in [9.17, 15) is 30.7 Å². The van der Waals surface area contributed by atoms with Crippen molar-refractivity contribution in [3.63, 3.8) is 0 Å². The molecule has 16 nitrogen and oxygen atoms in total. The van der Waals surface area contributed by atoms with Gasteiger partial charge in [-0.1, -0.05) is 24.3 Å². The van der Waals surface area contributed by atoms with Crippen molar-refractivity contribution >= 4 is 102 Å². The summed E-state index contributed by atoms with van der Waals surface area (Å²) in [6.07, 6.45) is 5.46. The summed E-state index contributed by atoms with van der Waals surface area (Å²) in [4.78, 5) is 18.3. The fraction of sp³-hybridized carbons (Fsp3) is 0.118. The van der Waals surface area contributed by atoms with E-state index in [1.54, 1.807) is 28.4 Å². The Kier molecular flexibility index (Phi) is 22.1. The predicted molar refractivity (Wildman–Crippen MR) is 275 cm³/mol. The number of pyridine rings is 1. The molecule has 0 unspecified atom stereocenters. The molecule has 0 fully saturated rings. The number of thiocarbonyl (C=S) groups is 1. The van der Waals surface area contributed by atoms with Gasteiger partial charge in [-0.25, -0.2) is 21.8 Å². The molecule has 22 heteroatoms. The third-order valence-corrected chi connectivity index (χ3v) is 15.1. The van der Waals surface area contributed by atoms with Crippen LogP contribution in [0.4, 0.5) is 11.4 Å². The van der Waals surface area contributed by atoms with Crippen LogP contribution in [-0.4, -0.2) is 89.2 Å². The molecule has 0 radical (unpaired) electrons. The van der Waals surface area contributed by atoms with Crippen LogP contribution in [0.25, 0.3) is 49.5 Å². The van der Waals surface area contributed by atoms with Crippen molar-refractivity contribution in [2.75, 3.05) is 28.4 Å². The zero-order valence-electron chi connectivity index (χ0n) is 40.3. The smallest absolute Gasteiger partial charge is 1.00 e. The second-order valence-corrected chi connectivity index (χ2v) is 19.9. The molecule has 2 aromatic heterocycles. The number of isothiocyanates is 1. The van der Waals surface area contributed by atoms with E-state index in [0.717, 1.165) is 75.6 Å². The van der Waals surface area contributed by atoms with Crippen LogP contribution in [0, 0.1) is 0 Å². The van der Waals surface area contributed by atoms with Crippen LogP contribution in [0.1, 0.15) is 16.7 Å². The molecule has 0 atom stereocenters. The van der Waals surface area contributed by atoms with Gasteiger partial charge in [-0.15, -0.1) is 0 Å². The second-order valence-electron chi connectivity index (χ2n) is 15.0. The Morgan fingerprint density at radius 1 is 0.712 bits per heavy atom. The molecule has 0 aliphatic carbocycles. The van der Waals surface area contributed by atoms with E-state index in [2.05, 4.69) is 74.8 Å². The van der Waals surface area contributed by atoms with Gasteiger partial charge in [0.1, 0.15) is 20.2 Å². The Labute approximate surface area is 477 Å². The van der Waals surface area contributed by atoms with Crippen LogP contribution in [0.5, 0.6) is 23.0 Å². The van der Waals surface area contributed by atoms with Crippen LogP contribution >= 0.6 is 12.2 Å². The molecule has 1 aliphatic rings. The molecule has 0 saturated heterocycles. The van der Waals surface area contributed by atoms with Gasteiger partial charge in [-0.05, 0) is 95.3 Å². The molecule has 3 heterocycles. The molecule has 364 valence electrons. The summed E-state index contributed by atoms with van der Waals surface area (Å²) in [6.45, 7) is 4.16. The van der Waals surface area contributed by atoms with Crippen LogP contribution < -0.4 is 88.2 Å². The van der Waals surface area contributed by atoms with Crippen LogP contribution in [0.15, 0.2) is 159 Å². The maximum atomic E-state index is 12.1. The van der Waals surface area contributed by atoms with Crippen LogP contribution in [-0.2, 0) is 33.2 Å². The summed E-state index contributed by atoms with van der Waals surface area (Å²) in [6, 6.07) is 35.5. The molecule has 1 aliphatic heterocycles. The number of aliphatic imine (C=N–C) groups is 2. The first-order valence-corrected chi connectivity index (χ1v) is 25.7. The first-order valence-electron chi connectivity index (χ1n) is 20.8. The summed E-state index contributed by atoms with van der Waals surface area (Å²) in [7, 11) is -3.05. The van der Waals surface area contributed by atoms with Crippen molar-refractivity contribution in [3.05, 3.63) is 161 Å². The number of fused-ring (bicyclic) bond motifs is 5. The van der Waals surface area contributed by atoms with Gasteiger partial charge in [0, 0.05) is 12.5 Å². The van der Waals surface area contributed by atoms with Gasteiger partial charge >= 0.3 is 158 Å². The van der Waals surface area contributed by atoms with Crippen molar-refractivity contribution in [1.82, 2.24) is 3.56 Å². The third kappa shape index (κ3) is 14.1. The van der Waals surface area contributed by atoms with E-state index in [1.165, 1.54) is 51.8 Å². The molecule has 0 bridgehead atoms. The van der Waals surface area contributed by atoms with Crippen molar-refractivity contribution in [2.45, 2.75) is 22.8 Å². The summed E-state index contributed by atoms with van der Waals surface area (Å²) in [5.41, 5.74) is 4.92. The van der Waals surface area contributed by atoms with Crippen LogP contribution in [0.3, 0.4) is 0 Å². The predicted octanol–water partition coefficient (Wildman–Crippen LogP) is 1.50. The SMILES string of the molecule is C=C=Nc1ccc(/C=C/c2ccc(N=C=S)cc2S(=O)(=O)[O-])c(S(=O)(=O)[O-])c1.COc1cc2c(cc1OC)-c1cc3ccc(OC)c(OC)c3c[n+]1CC2.O.O=c1c2ccccc2[se]n1-c1ccccc1.[Na+].[Na+]. The molecule has 0 amide bonds. The Balaban J connectivity index is 0.000000240. The average Bonchev–Trinajstić information content (AvgIpc) is 3.70. The monoisotopic (exact) mass is 1130 g/mol. The maximum absolute atomic E-state index is 12.1. The molecule has 0 saturated carbocycles. The molecule has 0 spiro atoms. The Hall–Kier alpha value is -5.31. The second kappa shape index (κ2) is 26.8. The summed E-state index contributed by atoms with van der Waals surface area (Å²) < 4.78 is 96.4. The van der Waals surface area contributed by atoms with Crippen LogP contribution in [0.2, 0.25) is 0 Å². The van der Waals surface area contributed by atoms with Crippen molar-refractivity contribution in [2.24, 2.45) is 9.98 Å². The number of aryl methyl sites for hydroxylation is 2. The number of nitrogens with zero attached hydrogens (tertiary/aromatic N) is 4. The molecule has 8 aromatic rings. The Bertz CT molecular complexity index is 3630. The van der Waals surface area contributed by atoms with Gasteiger partial charge in [0.05, 0.1) is 65.7 Å². The van der Waals surface area contributed by atoms with Gasteiger partial charge in [-0.3, -0.25) is 0 Å². The molecule has 73 heavy (non-hydrogen) atoms. The number of hydrogen-bond acceptors (Lipinski definition) is 14. The maximum Gasteiger partial charge on any atom is 1.00 e. The van der Waals surface area contributed by atoms with Gasteiger partial charge in [0.15, 0.2) is 35.7 Å². The average molecular weight is 1130 g/mol. The van der Waals surface area contributed by atoms with Gasteiger partial charge in [0.2, 0.25) is 5.69 Å². The molecule has 6 aromatic carbocycles. The Morgan fingerprint density at radius 3 is 1.84 bits per heavy atom. The summed E-state index contributed by atoms with van der Waals surface area (Å²) in [5, 5.41) is 5.06. The summed E-state index contributed by atoms with van der Waals surface area (Å²) >= 11 is 4.51. The minimum absolute atomic E-state index is 0. The van der Waals surface area contributed by atoms with Crippen molar-refractivity contribution in [3.8, 4) is 39.9 Å². The third-order valence-electron chi connectivity index (χ3n) is 10.9. The first kappa shape index (κ1) is 60.2.